The topological polar surface area (TPSA) is 21.3 Å². The molecular formula is C16H22BrF2NO. The van der Waals surface area contributed by atoms with Crippen molar-refractivity contribution in [2.24, 2.45) is 11.8 Å². The number of benzene rings is 1. The third-order valence-corrected chi connectivity index (χ3v) is 5.33. The van der Waals surface area contributed by atoms with E-state index >= 15 is 0 Å². The van der Waals surface area contributed by atoms with Gasteiger partial charge in [-0.2, -0.15) is 0 Å². The van der Waals surface area contributed by atoms with Gasteiger partial charge in [-0.25, -0.2) is 8.78 Å². The van der Waals surface area contributed by atoms with Crippen LogP contribution in [0.25, 0.3) is 0 Å². The lowest BCUT2D eigenvalue weighted by Crippen LogP contribution is -2.42. The Morgan fingerprint density at radius 2 is 1.90 bits per heavy atom. The molecule has 21 heavy (non-hydrogen) atoms. The fraction of sp³-hybridized carbons (Fsp3) is 0.625. The normalized spacial score (nSPS) is 30.6. The van der Waals surface area contributed by atoms with Crippen molar-refractivity contribution in [3.8, 4) is 0 Å². The highest BCUT2D eigenvalue weighted by Gasteiger charge is 2.41. The van der Waals surface area contributed by atoms with E-state index in [1.165, 1.54) is 12.1 Å². The number of ether oxygens (including phenoxy) is 1. The van der Waals surface area contributed by atoms with Crippen molar-refractivity contribution in [3.63, 3.8) is 0 Å². The van der Waals surface area contributed by atoms with Crippen molar-refractivity contribution in [1.29, 1.82) is 0 Å². The first-order chi connectivity index (χ1) is 9.86. The standard InChI is InChI=1S/C16H22BrF2NO/c1-8-9(2)21-10(3)15(8)14(20-4)7-11-13(18)6-5-12(17)16(11)19/h5-6,8-10,14-15,20H,7H2,1-4H3. The number of nitrogens with one attached hydrogen (secondary N) is 1. The zero-order valence-corrected chi connectivity index (χ0v) is 14.4. The second kappa shape index (κ2) is 6.71. The van der Waals surface area contributed by atoms with Crippen LogP contribution in [0.4, 0.5) is 8.78 Å². The molecule has 5 atom stereocenters. The summed E-state index contributed by atoms with van der Waals surface area (Å²) in [5, 5.41) is 3.22. The minimum atomic E-state index is -0.512. The molecule has 0 amide bonds. The Labute approximate surface area is 133 Å². The summed E-state index contributed by atoms with van der Waals surface area (Å²) in [6.45, 7) is 6.22. The van der Waals surface area contributed by atoms with E-state index in [0.29, 0.717) is 16.8 Å². The summed E-state index contributed by atoms with van der Waals surface area (Å²) in [5.74, 6) is -0.441. The van der Waals surface area contributed by atoms with Crippen LogP contribution in [0.1, 0.15) is 26.3 Å². The third-order valence-electron chi connectivity index (χ3n) is 4.72. The monoisotopic (exact) mass is 361 g/mol. The molecule has 1 saturated heterocycles. The molecule has 0 aliphatic carbocycles. The van der Waals surface area contributed by atoms with E-state index in [1.807, 2.05) is 20.9 Å². The summed E-state index contributed by atoms with van der Waals surface area (Å²) in [4.78, 5) is 0. The molecule has 0 aromatic heterocycles. The molecule has 0 bridgehead atoms. The lowest BCUT2D eigenvalue weighted by molar-refractivity contribution is 0.0478. The molecule has 1 aliphatic heterocycles. The van der Waals surface area contributed by atoms with Crippen LogP contribution in [0.15, 0.2) is 16.6 Å². The molecule has 1 aromatic rings. The molecule has 0 spiro atoms. The lowest BCUT2D eigenvalue weighted by Gasteiger charge is -2.29. The second-order valence-electron chi connectivity index (χ2n) is 5.90. The molecule has 0 saturated carbocycles. The zero-order valence-electron chi connectivity index (χ0n) is 12.8. The van der Waals surface area contributed by atoms with E-state index in [4.69, 9.17) is 4.74 Å². The van der Waals surface area contributed by atoms with E-state index in [1.54, 1.807) is 0 Å². The van der Waals surface area contributed by atoms with Gasteiger partial charge in [-0.1, -0.05) is 6.92 Å². The maximum Gasteiger partial charge on any atom is 0.143 e. The van der Waals surface area contributed by atoms with Gasteiger partial charge in [0.25, 0.3) is 0 Å². The van der Waals surface area contributed by atoms with Gasteiger partial charge >= 0.3 is 0 Å². The molecule has 1 fully saturated rings. The number of hydrogen-bond donors (Lipinski definition) is 1. The lowest BCUT2D eigenvalue weighted by atomic mass is 9.81. The number of likely N-dealkylation sites (N-methyl/N-ethyl adjacent to an activating group) is 1. The van der Waals surface area contributed by atoms with Gasteiger partial charge in [0.1, 0.15) is 11.6 Å². The van der Waals surface area contributed by atoms with Crippen molar-refractivity contribution < 1.29 is 13.5 Å². The predicted octanol–water partition coefficient (Wildman–Crippen LogP) is 3.92. The van der Waals surface area contributed by atoms with E-state index in [0.717, 1.165) is 0 Å². The molecule has 5 heteroatoms. The smallest absolute Gasteiger partial charge is 0.143 e. The third kappa shape index (κ3) is 3.30. The highest BCUT2D eigenvalue weighted by molar-refractivity contribution is 9.10. The highest BCUT2D eigenvalue weighted by Crippen LogP contribution is 2.36. The first kappa shape index (κ1) is 16.8. The summed E-state index contributed by atoms with van der Waals surface area (Å²) >= 11 is 3.12. The van der Waals surface area contributed by atoms with Crippen molar-refractivity contribution in [3.05, 3.63) is 33.8 Å². The average Bonchev–Trinajstić information content (AvgIpc) is 2.69. The van der Waals surface area contributed by atoms with Gasteiger partial charge in [-0.15, -0.1) is 0 Å². The van der Waals surface area contributed by atoms with Crippen LogP contribution in [0.2, 0.25) is 0 Å². The number of rotatable bonds is 4. The first-order valence-electron chi connectivity index (χ1n) is 7.31. The SMILES string of the molecule is CNC(Cc1c(F)ccc(Br)c1F)C1C(C)OC(C)C1C. The Hall–Kier alpha value is -0.520. The van der Waals surface area contributed by atoms with Gasteiger partial charge in [0.05, 0.1) is 16.7 Å². The minimum Gasteiger partial charge on any atom is -0.375 e. The maximum atomic E-state index is 14.2. The summed E-state index contributed by atoms with van der Waals surface area (Å²) in [7, 11) is 1.83. The van der Waals surface area contributed by atoms with Gasteiger partial charge in [0.15, 0.2) is 0 Å². The number of halogens is 3. The fourth-order valence-corrected chi connectivity index (χ4v) is 3.77. The molecule has 1 N–H and O–H groups in total. The molecular weight excluding hydrogens is 340 g/mol. The Kier molecular flexibility index (Phi) is 5.38. The quantitative estimate of drug-likeness (QED) is 0.820. The molecule has 5 unspecified atom stereocenters. The van der Waals surface area contributed by atoms with Crippen LogP contribution < -0.4 is 5.32 Å². The first-order valence-corrected chi connectivity index (χ1v) is 8.11. The summed E-state index contributed by atoms with van der Waals surface area (Å²) in [6.07, 6.45) is 0.548. The van der Waals surface area contributed by atoms with Crippen LogP contribution in [-0.4, -0.2) is 25.3 Å². The van der Waals surface area contributed by atoms with Gasteiger partial charge in [0.2, 0.25) is 0 Å². The largest absolute Gasteiger partial charge is 0.375 e. The second-order valence-corrected chi connectivity index (χ2v) is 6.76. The van der Waals surface area contributed by atoms with Crippen LogP contribution in [0.5, 0.6) is 0 Å². The fourth-order valence-electron chi connectivity index (χ4n) is 3.39. The van der Waals surface area contributed by atoms with E-state index in [2.05, 4.69) is 28.2 Å². The Morgan fingerprint density at radius 3 is 2.43 bits per heavy atom. The Balaban J connectivity index is 2.26. The molecule has 1 aromatic carbocycles. The van der Waals surface area contributed by atoms with E-state index in [-0.39, 0.29) is 29.7 Å². The van der Waals surface area contributed by atoms with E-state index in [9.17, 15) is 8.78 Å². The molecule has 1 aliphatic rings. The van der Waals surface area contributed by atoms with Gasteiger partial charge < -0.3 is 10.1 Å². The molecule has 1 heterocycles. The van der Waals surface area contributed by atoms with E-state index < -0.39 is 11.6 Å². The van der Waals surface area contributed by atoms with Crippen LogP contribution in [0.3, 0.4) is 0 Å². The van der Waals surface area contributed by atoms with Crippen molar-refractivity contribution in [2.45, 2.75) is 45.4 Å². The Morgan fingerprint density at radius 1 is 1.24 bits per heavy atom. The van der Waals surface area contributed by atoms with Crippen LogP contribution in [0, 0.1) is 23.5 Å². The van der Waals surface area contributed by atoms with Crippen molar-refractivity contribution in [1.82, 2.24) is 5.32 Å². The van der Waals surface area contributed by atoms with Crippen LogP contribution >= 0.6 is 15.9 Å². The van der Waals surface area contributed by atoms with Gasteiger partial charge in [0, 0.05) is 17.5 Å². The minimum absolute atomic E-state index is 0.0294. The molecule has 0 radical (unpaired) electrons. The zero-order chi connectivity index (χ0) is 15.7. The molecule has 2 nitrogen and oxygen atoms in total. The van der Waals surface area contributed by atoms with Crippen LogP contribution in [-0.2, 0) is 11.2 Å². The van der Waals surface area contributed by atoms with Gasteiger partial charge in [-0.05, 0) is 61.3 Å². The average molecular weight is 362 g/mol. The Bertz CT molecular complexity index is 511. The molecule has 118 valence electrons. The number of hydrogen-bond acceptors (Lipinski definition) is 2. The van der Waals surface area contributed by atoms with Gasteiger partial charge in [-0.3, -0.25) is 0 Å². The summed E-state index contributed by atoms with van der Waals surface area (Å²) in [6, 6.07) is 2.67. The van der Waals surface area contributed by atoms with Crippen molar-refractivity contribution in [2.75, 3.05) is 7.05 Å². The van der Waals surface area contributed by atoms with Crippen molar-refractivity contribution >= 4 is 15.9 Å². The summed E-state index contributed by atoms with van der Waals surface area (Å²) in [5.41, 5.74) is 0.127. The summed E-state index contributed by atoms with van der Waals surface area (Å²) < 4.78 is 34.3. The highest BCUT2D eigenvalue weighted by atomic mass is 79.9. The predicted molar refractivity (Wildman–Crippen MR) is 83.3 cm³/mol. The molecule has 2 rings (SSSR count). The maximum absolute atomic E-state index is 14.2.